The smallest absolute Gasteiger partial charge is 0.224 e. The third-order valence-corrected chi connectivity index (χ3v) is 9.66. The summed E-state index contributed by atoms with van der Waals surface area (Å²) in [5.74, 6) is 0.989. The fourth-order valence-electron chi connectivity index (χ4n) is 8.23. The van der Waals surface area contributed by atoms with Gasteiger partial charge < -0.3 is 18.9 Å². The van der Waals surface area contributed by atoms with Crippen LogP contribution in [0.5, 0.6) is 0 Å². The Bertz CT molecular complexity index is 729. The number of hydrogen-bond acceptors (Lipinski definition) is 4. The maximum Gasteiger partial charge on any atom is 0.224 e. The van der Waals surface area contributed by atoms with Crippen LogP contribution in [0.4, 0.5) is 0 Å². The first-order valence-electron chi connectivity index (χ1n) is 12.0. The minimum atomic E-state index is -0.711. The molecule has 4 aliphatic carbocycles. The Morgan fingerprint density at radius 3 is 2.41 bits per heavy atom. The van der Waals surface area contributed by atoms with Crippen LogP contribution in [0.2, 0.25) is 0 Å². The van der Waals surface area contributed by atoms with Gasteiger partial charge in [0.25, 0.3) is 0 Å². The number of rotatable bonds is 1. The summed E-state index contributed by atoms with van der Waals surface area (Å²) in [6.45, 7) is 7.48. The van der Waals surface area contributed by atoms with E-state index in [0.29, 0.717) is 43.7 Å². The van der Waals surface area contributed by atoms with Gasteiger partial charge >= 0.3 is 0 Å². The van der Waals surface area contributed by atoms with Crippen molar-refractivity contribution in [2.45, 2.75) is 77.3 Å². The van der Waals surface area contributed by atoms with Crippen molar-refractivity contribution in [1.82, 2.24) is 0 Å². The summed E-state index contributed by atoms with van der Waals surface area (Å²) in [6, 6.07) is 0. The van der Waals surface area contributed by atoms with Gasteiger partial charge in [0.2, 0.25) is 12.1 Å². The monoisotopic (exact) mass is 400 g/mol. The van der Waals surface area contributed by atoms with E-state index in [-0.39, 0.29) is 11.7 Å². The molecule has 0 aromatic carbocycles. The Morgan fingerprint density at radius 1 is 0.828 bits per heavy atom. The van der Waals surface area contributed by atoms with Gasteiger partial charge in [-0.15, -0.1) is 0 Å². The lowest BCUT2D eigenvalue weighted by atomic mass is 9.50. The molecule has 4 nitrogen and oxygen atoms in total. The van der Waals surface area contributed by atoms with Crippen molar-refractivity contribution in [3.05, 3.63) is 23.3 Å². The molecule has 3 saturated carbocycles. The van der Waals surface area contributed by atoms with Gasteiger partial charge in [-0.3, -0.25) is 0 Å². The second-order valence-corrected chi connectivity index (χ2v) is 10.8. The lowest BCUT2D eigenvalue weighted by Crippen LogP contribution is -2.64. The third kappa shape index (κ3) is 2.52. The second kappa shape index (κ2) is 6.66. The van der Waals surface area contributed by atoms with E-state index in [1.165, 1.54) is 44.9 Å². The Kier molecular flexibility index (Phi) is 4.37. The van der Waals surface area contributed by atoms with E-state index < -0.39 is 5.79 Å². The largest absolute Gasteiger partial charge is 0.345 e. The molecule has 5 fully saturated rings. The summed E-state index contributed by atoms with van der Waals surface area (Å²) in [5.41, 5.74) is 4.05. The van der Waals surface area contributed by atoms with Crippen molar-refractivity contribution in [2.75, 3.05) is 26.4 Å². The molecule has 0 amide bonds. The highest BCUT2D eigenvalue weighted by molar-refractivity contribution is 5.38. The Balaban J connectivity index is 1.36. The highest BCUT2D eigenvalue weighted by Crippen LogP contribution is 2.67. The summed E-state index contributed by atoms with van der Waals surface area (Å²) in [4.78, 5) is 0. The number of hydrogen-bond donors (Lipinski definition) is 0. The molecule has 6 aliphatic rings. The molecule has 0 spiro atoms. The van der Waals surface area contributed by atoms with Gasteiger partial charge in [-0.25, -0.2) is 0 Å². The summed E-state index contributed by atoms with van der Waals surface area (Å²) >= 11 is 0. The molecule has 29 heavy (non-hydrogen) atoms. The fourth-order valence-corrected chi connectivity index (χ4v) is 8.23. The Hall–Kier alpha value is -0.680. The van der Waals surface area contributed by atoms with Gasteiger partial charge in [0.05, 0.1) is 26.4 Å². The molecular weight excluding hydrogens is 364 g/mol. The fraction of sp³-hybridized carbons (Fsp3) is 0.840. The molecule has 0 aromatic heterocycles. The van der Waals surface area contributed by atoms with Crippen molar-refractivity contribution in [3.8, 4) is 0 Å². The SMILES string of the molecule is C[C@]12CC[C@H]3C(=CC=C4CCCC[C@@]43C)[C@@H]1CC[C@@H]2C12OCCOC1OCCO2. The summed E-state index contributed by atoms with van der Waals surface area (Å²) < 4.78 is 24.9. The molecule has 0 radical (unpaired) electrons. The van der Waals surface area contributed by atoms with E-state index in [1.54, 1.807) is 11.1 Å². The lowest BCUT2D eigenvalue weighted by molar-refractivity contribution is -0.434. The molecule has 2 saturated heterocycles. The van der Waals surface area contributed by atoms with E-state index in [9.17, 15) is 0 Å². The lowest BCUT2D eigenvalue weighted by Gasteiger charge is -2.57. The van der Waals surface area contributed by atoms with E-state index in [2.05, 4.69) is 26.0 Å². The molecule has 2 aliphatic heterocycles. The van der Waals surface area contributed by atoms with Crippen LogP contribution < -0.4 is 0 Å². The first-order chi connectivity index (χ1) is 14.1. The maximum atomic E-state index is 6.41. The van der Waals surface area contributed by atoms with E-state index in [4.69, 9.17) is 18.9 Å². The Labute approximate surface area is 175 Å². The highest BCUT2D eigenvalue weighted by Gasteiger charge is 2.65. The normalized spacial score (nSPS) is 51.8. The van der Waals surface area contributed by atoms with Gasteiger partial charge in [0, 0.05) is 5.92 Å². The van der Waals surface area contributed by atoms with Gasteiger partial charge in [0.15, 0.2) is 0 Å². The standard InChI is InChI=1S/C25H36O4/c1-23-11-4-3-5-17(23)6-7-18-19-8-9-21(24(19,2)12-10-20(18)23)25-22(26-13-15-28-25)27-14-16-29-25/h6-7,19-22H,3-5,8-16H2,1-2H3/t19-,20-,21-,22?,23-,24-,25?/m0/s1. The predicted molar refractivity (Wildman–Crippen MR) is 110 cm³/mol. The van der Waals surface area contributed by atoms with Crippen LogP contribution >= 0.6 is 0 Å². The predicted octanol–water partition coefficient (Wildman–Crippen LogP) is 4.99. The van der Waals surface area contributed by atoms with Crippen molar-refractivity contribution in [3.63, 3.8) is 0 Å². The molecule has 2 heterocycles. The van der Waals surface area contributed by atoms with Crippen molar-refractivity contribution in [1.29, 1.82) is 0 Å². The molecular formula is C25H36O4. The summed E-state index contributed by atoms with van der Waals surface area (Å²) in [7, 11) is 0. The van der Waals surface area contributed by atoms with Crippen LogP contribution in [0.25, 0.3) is 0 Å². The molecule has 5 atom stereocenters. The summed E-state index contributed by atoms with van der Waals surface area (Å²) in [5, 5.41) is 0. The molecule has 0 N–H and O–H groups in total. The molecule has 4 heteroatoms. The maximum absolute atomic E-state index is 6.41. The molecule has 0 aromatic rings. The Morgan fingerprint density at radius 2 is 1.62 bits per heavy atom. The van der Waals surface area contributed by atoms with Gasteiger partial charge in [-0.2, -0.15) is 0 Å². The van der Waals surface area contributed by atoms with Crippen LogP contribution in [0, 0.1) is 28.6 Å². The zero-order chi connectivity index (χ0) is 19.7. The van der Waals surface area contributed by atoms with Gasteiger partial charge in [-0.1, -0.05) is 43.6 Å². The third-order valence-electron chi connectivity index (χ3n) is 9.66. The minimum absolute atomic E-state index is 0.193. The quantitative estimate of drug-likeness (QED) is 0.621. The van der Waals surface area contributed by atoms with Crippen LogP contribution in [0.1, 0.15) is 65.2 Å². The summed E-state index contributed by atoms with van der Waals surface area (Å²) in [6.07, 6.45) is 15.0. The topological polar surface area (TPSA) is 36.9 Å². The molecule has 160 valence electrons. The number of ether oxygens (including phenoxy) is 4. The first-order valence-corrected chi connectivity index (χ1v) is 12.0. The average Bonchev–Trinajstić information content (AvgIpc) is 3.11. The molecule has 6 rings (SSSR count). The average molecular weight is 401 g/mol. The molecule has 0 unspecified atom stereocenters. The van der Waals surface area contributed by atoms with Crippen LogP contribution in [-0.4, -0.2) is 38.5 Å². The van der Waals surface area contributed by atoms with E-state index in [1.807, 2.05) is 0 Å². The van der Waals surface area contributed by atoms with Crippen LogP contribution in [0.3, 0.4) is 0 Å². The zero-order valence-electron chi connectivity index (χ0n) is 18.1. The van der Waals surface area contributed by atoms with Crippen LogP contribution in [-0.2, 0) is 18.9 Å². The second-order valence-electron chi connectivity index (χ2n) is 10.8. The van der Waals surface area contributed by atoms with Crippen molar-refractivity contribution >= 4 is 0 Å². The van der Waals surface area contributed by atoms with E-state index >= 15 is 0 Å². The first kappa shape index (κ1) is 19.0. The number of allylic oxidation sites excluding steroid dienone is 4. The van der Waals surface area contributed by atoms with Gasteiger partial charge in [0.1, 0.15) is 0 Å². The van der Waals surface area contributed by atoms with Gasteiger partial charge in [-0.05, 0) is 67.6 Å². The van der Waals surface area contributed by atoms with Crippen molar-refractivity contribution in [2.24, 2.45) is 28.6 Å². The van der Waals surface area contributed by atoms with Crippen LogP contribution in [0.15, 0.2) is 23.3 Å². The minimum Gasteiger partial charge on any atom is -0.345 e. The highest BCUT2D eigenvalue weighted by atomic mass is 16.8. The van der Waals surface area contributed by atoms with E-state index in [0.717, 1.165) is 12.3 Å². The van der Waals surface area contributed by atoms with Crippen molar-refractivity contribution < 1.29 is 18.9 Å². The molecule has 0 bridgehead atoms. The number of fused-ring (bicyclic) bond motifs is 6. The zero-order valence-corrected chi connectivity index (χ0v) is 18.1.